The molecule has 1 atom stereocenters. The number of aromatic nitrogens is 2. The maximum absolute atomic E-state index is 12.9. The highest BCUT2D eigenvalue weighted by molar-refractivity contribution is 6.09. The van der Waals surface area contributed by atoms with E-state index in [1.54, 1.807) is 47.0 Å². The van der Waals surface area contributed by atoms with Gasteiger partial charge in [0.05, 0.1) is 24.4 Å². The summed E-state index contributed by atoms with van der Waals surface area (Å²) in [5.74, 6) is -0.0721. The maximum atomic E-state index is 12.9. The minimum absolute atomic E-state index is 0.0264. The normalized spacial score (nSPS) is 16.0. The molecule has 2 aromatic heterocycles. The number of carbonyl (C=O) groups excluding carboxylic acids is 2. The second-order valence-corrected chi connectivity index (χ2v) is 6.74. The van der Waals surface area contributed by atoms with Gasteiger partial charge in [-0.25, -0.2) is 4.98 Å². The SMILES string of the molecule is COc1ccccc1NC(=O)c1nc(C(=O)NCC2CCCO2)n2ccccc12. The molecular formula is C21H22N4O4. The number of imidazole rings is 1. The minimum Gasteiger partial charge on any atom is -0.495 e. The third-order valence-corrected chi connectivity index (χ3v) is 4.84. The van der Waals surface area contributed by atoms with E-state index in [1.807, 2.05) is 6.07 Å². The van der Waals surface area contributed by atoms with E-state index in [-0.39, 0.29) is 23.5 Å². The van der Waals surface area contributed by atoms with E-state index in [1.165, 1.54) is 7.11 Å². The first-order valence-electron chi connectivity index (χ1n) is 9.48. The molecule has 29 heavy (non-hydrogen) atoms. The molecule has 1 aliphatic heterocycles. The Hall–Kier alpha value is -3.39. The number of anilines is 1. The molecular weight excluding hydrogens is 372 g/mol. The zero-order valence-corrected chi connectivity index (χ0v) is 16.1. The van der Waals surface area contributed by atoms with E-state index < -0.39 is 5.91 Å². The molecule has 0 spiro atoms. The van der Waals surface area contributed by atoms with E-state index >= 15 is 0 Å². The number of fused-ring (bicyclic) bond motifs is 1. The van der Waals surface area contributed by atoms with E-state index in [9.17, 15) is 9.59 Å². The van der Waals surface area contributed by atoms with Gasteiger partial charge in [-0.05, 0) is 37.1 Å². The predicted molar refractivity (Wildman–Crippen MR) is 107 cm³/mol. The van der Waals surface area contributed by atoms with Crippen molar-refractivity contribution in [3.8, 4) is 5.75 Å². The molecule has 8 heteroatoms. The van der Waals surface area contributed by atoms with Gasteiger partial charge < -0.3 is 20.1 Å². The number of rotatable bonds is 6. The van der Waals surface area contributed by atoms with Crippen LogP contribution in [0.3, 0.4) is 0 Å². The molecule has 2 amide bonds. The summed E-state index contributed by atoms with van der Waals surface area (Å²) in [5.41, 5.74) is 1.24. The Morgan fingerprint density at radius 3 is 2.83 bits per heavy atom. The van der Waals surface area contributed by atoms with Gasteiger partial charge >= 0.3 is 0 Å². The number of benzene rings is 1. The van der Waals surface area contributed by atoms with E-state index in [0.717, 1.165) is 19.4 Å². The van der Waals surface area contributed by atoms with Crippen molar-refractivity contribution in [2.24, 2.45) is 0 Å². The Morgan fingerprint density at radius 2 is 2.03 bits per heavy atom. The lowest BCUT2D eigenvalue weighted by Crippen LogP contribution is -2.33. The van der Waals surface area contributed by atoms with Gasteiger partial charge in [0.1, 0.15) is 5.75 Å². The molecule has 0 aliphatic carbocycles. The first-order valence-corrected chi connectivity index (χ1v) is 9.48. The van der Waals surface area contributed by atoms with Crippen LogP contribution in [0.5, 0.6) is 5.75 Å². The zero-order chi connectivity index (χ0) is 20.2. The fourth-order valence-electron chi connectivity index (χ4n) is 3.39. The maximum Gasteiger partial charge on any atom is 0.287 e. The van der Waals surface area contributed by atoms with E-state index in [0.29, 0.717) is 23.5 Å². The molecule has 150 valence electrons. The van der Waals surface area contributed by atoms with Crippen molar-refractivity contribution in [1.29, 1.82) is 0 Å². The average molecular weight is 394 g/mol. The number of amides is 2. The smallest absolute Gasteiger partial charge is 0.287 e. The average Bonchev–Trinajstić information content (AvgIpc) is 3.40. The molecule has 3 heterocycles. The van der Waals surface area contributed by atoms with Gasteiger partial charge in [-0.15, -0.1) is 0 Å². The number of hydrogen-bond acceptors (Lipinski definition) is 5. The highest BCUT2D eigenvalue weighted by atomic mass is 16.5. The Labute approximate surface area is 167 Å². The summed E-state index contributed by atoms with van der Waals surface area (Å²) in [5, 5.41) is 5.66. The molecule has 3 aromatic rings. The predicted octanol–water partition coefficient (Wildman–Crippen LogP) is 2.50. The third kappa shape index (κ3) is 3.93. The number of nitrogens with zero attached hydrogens (tertiary/aromatic N) is 2. The van der Waals surface area contributed by atoms with Crippen molar-refractivity contribution in [3.05, 3.63) is 60.2 Å². The molecule has 4 rings (SSSR count). The minimum atomic E-state index is -0.420. The molecule has 8 nitrogen and oxygen atoms in total. The quantitative estimate of drug-likeness (QED) is 0.670. The Balaban J connectivity index is 1.59. The first kappa shape index (κ1) is 18.9. The number of pyridine rings is 1. The number of nitrogens with one attached hydrogen (secondary N) is 2. The molecule has 1 saturated heterocycles. The lowest BCUT2D eigenvalue weighted by molar-refractivity contribution is 0.0848. The van der Waals surface area contributed by atoms with Crippen LogP contribution < -0.4 is 15.4 Å². The fourth-order valence-corrected chi connectivity index (χ4v) is 3.39. The summed E-state index contributed by atoms with van der Waals surface area (Å²) in [4.78, 5) is 30.0. The van der Waals surface area contributed by atoms with Crippen LogP contribution in [0.2, 0.25) is 0 Å². The first-order chi connectivity index (χ1) is 14.2. The topological polar surface area (TPSA) is 94.0 Å². The molecule has 2 N–H and O–H groups in total. The molecule has 1 aromatic carbocycles. The largest absolute Gasteiger partial charge is 0.495 e. The number of para-hydroxylation sites is 2. The molecule has 1 unspecified atom stereocenters. The fraction of sp³-hybridized carbons (Fsp3) is 0.286. The second-order valence-electron chi connectivity index (χ2n) is 6.74. The number of hydrogen-bond donors (Lipinski definition) is 2. The summed E-state index contributed by atoms with van der Waals surface area (Å²) in [7, 11) is 1.54. The number of ether oxygens (including phenoxy) is 2. The standard InChI is InChI=1S/C21H22N4O4/c1-28-17-10-3-2-8-15(17)23-20(26)18-16-9-4-5-11-25(16)19(24-18)21(27)22-13-14-7-6-12-29-14/h2-5,8-11,14H,6-7,12-13H2,1H3,(H,22,27)(H,23,26). The van der Waals surface area contributed by atoms with Crippen LogP contribution >= 0.6 is 0 Å². The highest BCUT2D eigenvalue weighted by Gasteiger charge is 2.23. The number of carbonyl (C=O) groups is 2. The van der Waals surface area contributed by atoms with Crippen molar-refractivity contribution in [1.82, 2.24) is 14.7 Å². The van der Waals surface area contributed by atoms with Crippen LogP contribution in [0, 0.1) is 0 Å². The van der Waals surface area contributed by atoms with Gasteiger partial charge in [-0.1, -0.05) is 18.2 Å². The molecule has 0 radical (unpaired) electrons. The van der Waals surface area contributed by atoms with Crippen molar-refractivity contribution in [3.63, 3.8) is 0 Å². The molecule has 1 aliphatic rings. The van der Waals surface area contributed by atoms with Crippen molar-refractivity contribution in [2.45, 2.75) is 18.9 Å². The zero-order valence-electron chi connectivity index (χ0n) is 16.1. The summed E-state index contributed by atoms with van der Waals surface area (Å²) in [6.07, 6.45) is 3.66. The van der Waals surface area contributed by atoms with Crippen molar-refractivity contribution < 1.29 is 19.1 Å². The van der Waals surface area contributed by atoms with E-state index in [2.05, 4.69) is 15.6 Å². The van der Waals surface area contributed by atoms with Crippen LogP contribution in [-0.2, 0) is 4.74 Å². The lowest BCUT2D eigenvalue weighted by atomic mass is 10.2. The van der Waals surface area contributed by atoms with Gasteiger partial charge in [0.15, 0.2) is 5.69 Å². The van der Waals surface area contributed by atoms with Crippen LogP contribution in [-0.4, -0.2) is 47.6 Å². The monoisotopic (exact) mass is 394 g/mol. The van der Waals surface area contributed by atoms with E-state index in [4.69, 9.17) is 9.47 Å². The Morgan fingerprint density at radius 1 is 1.21 bits per heavy atom. The van der Waals surface area contributed by atoms with Gasteiger partial charge in [-0.3, -0.25) is 14.0 Å². The molecule has 0 bridgehead atoms. The summed E-state index contributed by atoms with van der Waals surface area (Å²) < 4.78 is 12.4. The van der Waals surface area contributed by atoms with Crippen LogP contribution in [0.4, 0.5) is 5.69 Å². The van der Waals surface area contributed by atoms with Gasteiger partial charge in [-0.2, -0.15) is 0 Å². The molecule has 1 fully saturated rings. The highest BCUT2D eigenvalue weighted by Crippen LogP contribution is 2.24. The van der Waals surface area contributed by atoms with Crippen LogP contribution in [0.15, 0.2) is 48.7 Å². The lowest BCUT2D eigenvalue weighted by Gasteiger charge is -2.10. The second kappa shape index (κ2) is 8.32. The third-order valence-electron chi connectivity index (χ3n) is 4.84. The Bertz CT molecular complexity index is 1040. The Kier molecular flexibility index (Phi) is 5.44. The van der Waals surface area contributed by atoms with Gasteiger partial charge in [0.25, 0.3) is 11.8 Å². The van der Waals surface area contributed by atoms with Crippen LogP contribution in [0.1, 0.15) is 33.9 Å². The number of methoxy groups -OCH3 is 1. The molecule has 0 saturated carbocycles. The van der Waals surface area contributed by atoms with Crippen molar-refractivity contribution in [2.75, 3.05) is 25.6 Å². The summed E-state index contributed by atoms with van der Waals surface area (Å²) in [6, 6.07) is 12.4. The van der Waals surface area contributed by atoms with Crippen molar-refractivity contribution >= 4 is 23.0 Å². The van der Waals surface area contributed by atoms with Gasteiger partial charge in [0, 0.05) is 19.3 Å². The summed E-state index contributed by atoms with van der Waals surface area (Å²) in [6.45, 7) is 1.14. The van der Waals surface area contributed by atoms with Gasteiger partial charge in [0.2, 0.25) is 5.82 Å². The van der Waals surface area contributed by atoms with Crippen LogP contribution in [0.25, 0.3) is 5.52 Å². The summed E-state index contributed by atoms with van der Waals surface area (Å²) >= 11 is 0.